The van der Waals surface area contributed by atoms with E-state index in [1.165, 1.54) is 0 Å². The van der Waals surface area contributed by atoms with Crippen LogP contribution < -0.4 is 10.6 Å². The molecular formula is C24H24ClN7O2. The Morgan fingerprint density at radius 1 is 1.09 bits per heavy atom. The minimum atomic E-state index is -0.382. The number of halogens is 1. The second-order valence-electron chi connectivity index (χ2n) is 8.52. The minimum Gasteiger partial charge on any atom is -0.351 e. The lowest BCUT2D eigenvalue weighted by Crippen LogP contribution is -2.38. The summed E-state index contributed by atoms with van der Waals surface area (Å²) >= 11 is 6.43. The van der Waals surface area contributed by atoms with Crippen LogP contribution in [0.2, 0.25) is 5.02 Å². The van der Waals surface area contributed by atoms with E-state index in [0.29, 0.717) is 34.9 Å². The number of H-pyrrole nitrogens is 1. The van der Waals surface area contributed by atoms with Crippen LogP contribution >= 0.6 is 11.6 Å². The molecule has 4 aromatic rings. The molecule has 5 rings (SSSR count). The number of aromatic amines is 1. The Balaban J connectivity index is 1.24. The normalized spacial score (nSPS) is 18.1. The fraction of sp³-hybridized carbons (Fsp3) is 0.292. The van der Waals surface area contributed by atoms with Gasteiger partial charge in [0.05, 0.1) is 21.7 Å². The summed E-state index contributed by atoms with van der Waals surface area (Å²) in [5.74, 6) is 0.535. The number of nitrogens with zero attached hydrogens (tertiary/aromatic N) is 4. The third-order valence-electron chi connectivity index (χ3n) is 6.19. The van der Waals surface area contributed by atoms with E-state index in [1.807, 2.05) is 24.3 Å². The van der Waals surface area contributed by atoms with Gasteiger partial charge in [0.15, 0.2) is 0 Å². The fourth-order valence-electron chi connectivity index (χ4n) is 4.43. The number of fused-ring (bicyclic) bond motifs is 1. The first kappa shape index (κ1) is 22.2. The minimum absolute atomic E-state index is 0.107. The molecule has 1 aliphatic carbocycles. The maximum Gasteiger partial charge on any atom is 0.269 e. The van der Waals surface area contributed by atoms with Crippen LogP contribution in [0.4, 0.5) is 11.6 Å². The van der Waals surface area contributed by atoms with E-state index in [1.54, 1.807) is 30.5 Å². The van der Waals surface area contributed by atoms with E-state index in [4.69, 9.17) is 11.6 Å². The summed E-state index contributed by atoms with van der Waals surface area (Å²) in [6, 6.07) is 15.1. The molecule has 0 aliphatic heterocycles. The molecule has 0 amide bonds. The largest absolute Gasteiger partial charge is 0.351 e. The number of para-hydroxylation sites is 1. The van der Waals surface area contributed by atoms with E-state index in [9.17, 15) is 10.1 Å². The molecule has 2 heterocycles. The third kappa shape index (κ3) is 4.85. The summed E-state index contributed by atoms with van der Waals surface area (Å²) in [5.41, 5.74) is 3.36. The first-order chi connectivity index (χ1) is 16.6. The average molecular weight is 478 g/mol. The number of nitrogens with one attached hydrogen (secondary N) is 3. The second kappa shape index (κ2) is 9.74. The summed E-state index contributed by atoms with van der Waals surface area (Å²) in [6.45, 7) is 0.670. The van der Waals surface area contributed by atoms with E-state index < -0.39 is 0 Å². The number of hydrogen-bond acceptors (Lipinski definition) is 7. The highest BCUT2D eigenvalue weighted by Crippen LogP contribution is 2.31. The zero-order chi connectivity index (χ0) is 23.5. The molecule has 34 heavy (non-hydrogen) atoms. The molecule has 1 aliphatic rings. The molecular weight excluding hydrogens is 454 g/mol. The number of nitro benzene ring substituents is 1. The number of rotatable bonds is 7. The molecule has 0 unspecified atom stereocenters. The molecule has 2 aromatic carbocycles. The maximum absolute atomic E-state index is 10.8. The topological polar surface area (TPSA) is 122 Å². The van der Waals surface area contributed by atoms with Gasteiger partial charge in [-0.25, -0.2) is 9.97 Å². The molecule has 0 saturated heterocycles. The fourth-order valence-corrected chi connectivity index (χ4v) is 4.61. The van der Waals surface area contributed by atoms with Gasteiger partial charge in [0.25, 0.3) is 5.69 Å². The number of aromatic nitrogens is 4. The summed E-state index contributed by atoms with van der Waals surface area (Å²) < 4.78 is 0. The summed E-state index contributed by atoms with van der Waals surface area (Å²) in [7, 11) is 0. The van der Waals surface area contributed by atoms with Crippen LogP contribution in [-0.4, -0.2) is 37.2 Å². The first-order valence-corrected chi connectivity index (χ1v) is 11.6. The van der Waals surface area contributed by atoms with E-state index in [2.05, 4.69) is 30.8 Å². The van der Waals surface area contributed by atoms with Crippen molar-refractivity contribution in [1.82, 2.24) is 25.5 Å². The van der Waals surface area contributed by atoms with Crippen LogP contribution in [0.3, 0.4) is 0 Å². The van der Waals surface area contributed by atoms with Crippen LogP contribution in [0, 0.1) is 10.1 Å². The van der Waals surface area contributed by atoms with Gasteiger partial charge in [-0.05, 0) is 37.3 Å². The quantitative estimate of drug-likeness (QED) is 0.250. The molecule has 174 valence electrons. The van der Waals surface area contributed by atoms with Gasteiger partial charge in [-0.15, -0.1) is 0 Å². The van der Waals surface area contributed by atoms with Gasteiger partial charge in [0, 0.05) is 36.1 Å². The first-order valence-electron chi connectivity index (χ1n) is 11.3. The van der Waals surface area contributed by atoms with Crippen molar-refractivity contribution in [2.24, 2.45) is 0 Å². The molecule has 0 spiro atoms. The molecule has 2 aromatic heterocycles. The second-order valence-corrected chi connectivity index (χ2v) is 8.92. The van der Waals surface area contributed by atoms with Crippen molar-refractivity contribution < 1.29 is 4.92 Å². The number of benzene rings is 2. The standard InChI is InChI=1S/C24H24ClN7O2/c25-20-14-27-24(29-23(20)22-19-6-1-2-7-21(19)30-31-22)28-17-5-3-4-16(12-17)26-13-15-8-10-18(11-9-15)32(33)34/h1-2,6-11,14,16-17,26H,3-5,12-13H2,(H,30,31)(H,27,28,29)/t16-,17+/m0/s1. The van der Waals surface area contributed by atoms with Crippen LogP contribution in [0.15, 0.2) is 54.7 Å². The third-order valence-corrected chi connectivity index (χ3v) is 6.46. The van der Waals surface area contributed by atoms with E-state index >= 15 is 0 Å². The van der Waals surface area contributed by atoms with Crippen LogP contribution in [0.25, 0.3) is 22.3 Å². The van der Waals surface area contributed by atoms with E-state index in [-0.39, 0.29) is 16.7 Å². The number of hydrogen-bond donors (Lipinski definition) is 3. The molecule has 1 saturated carbocycles. The van der Waals surface area contributed by atoms with Crippen molar-refractivity contribution in [3.8, 4) is 11.4 Å². The predicted octanol–water partition coefficient (Wildman–Crippen LogP) is 5.09. The number of non-ortho nitro benzene ring substituents is 1. The monoisotopic (exact) mass is 477 g/mol. The lowest BCUT2D eigenvalue weighted by atomic mass is 9.91. The van der Waals surface area contributed by atoms with Gasteiger partial charge >= 0.3 is 0 Å². The van der Waals surface area contributed by atoms with Gasteiger partial charge < -0.3 is 10.6 Å². The molecule has 0 radical (unpaired) electrons. The van der Waals surface area contributed by atoms with Gasteiger partial charge in [-0.2, -0.15) is 5.10 Å². The molecule has 3 N–H and O–H groups in total. The number of anilines is 1. The Morgan fingerprint density at radius 2 is 1.88 bits per heavy atom. The van der Waals surface area contributed by atoms with Gasteiger partial charge in [0.2, 0.25) is 5.95 Å². The molecule has 2 atom stereocenters. The highest BCUT2D eigenvalue weighted by atomic mass is 35.5. The number of nitro groups is 1. The predicted molar refractivity (Wildman–Crippen MR) is 132 cm³/mol. The zero-order valence-corrected chi connectivity index (χ0v) is 19.1. The summed E-state index contributed by atoms with van der Waals surface area (Å²) in [6.07, 6.45) is 5.74. The van der Waals surface area contributed by atoms with Crippen molar-refractivity contribution >= 4 is 34.1 Å². The zero-order valence-electron chi connectivity index (χ0n) is 18.4. The van der Waals surface area contributed by atoms with Crippen LogP contribution in [0.5, 0.6) is 0 Å². The van der Waals surface area contributed by atoms with E-state index in [0.717, 1.165) is 42.1 Å². The molecule has 1 fully saturated rings. The Morgan fingerprint density at radius 3 is 2.71 bits per heavy atom. The van der Waals surface area contributed by atoms with Crippen molar-refractivity contribution in [3.05, 3.63) is 75.4 Å². The van der Waals surface area contributed by atoms with Crippen molar-refractivity contribution in [1.29, 1.82) is 0 Å². The average Bonchev–Trinajstić information content (AvgIpc) is 3.28. The Bertz CT molecular complexity index is 1310. The SMILES string of the molecule is O=[N+]([O-])c1ccc(CN[C@H]2CCC[C@@H](Nc3ncc(Cl)c(-c4n[nH]c5ccccc45)n3)C2)cc1. The molecule has 9 nitrogen and oxygen atoms in total. The van der Waals surface area contributed by atoms with Crippen LogP contribution in [0.1, 0.15) is 31.2 Å². The van der Waals surface area contributed by atoms with Gasteiger partial charge in [-0.3, -0.25) is 15.2 Å². The van der Waals surface area contributed by atoms with Crippen molar-refractivity contribution in [2.75, 3.05) is 5.32 Å². The lowest BCUT2D eigenvalue weighted by Gasteiger charge is -2.30. The molecule has 0 bridgehead atoms. The maximum atomic E-state index is 10.8. The van der Waals surface area contributed by atoms with Gasteiger partial charge in [0.1, 0.15) is 11.4 Å². The summed E-state index contributed by atoms with van der Waals surface area (Å²) in [4.78, 5) is 19.5. The highest BCUT2D eigenvalue weighted by Gasteiger charge is 2.23. The molecule has 10 heteroatoms. The highest BCUT2D eigenvalue weighted by molar-refractivity contribution is 6.33. The smallest absolute Gasteiger partial charge is 0.269 e. The Labute approximate surface area is 201 Å². The van der Waals surface area contributed by atoms with Crippen LogP contribution in [-0.2, 0) is 6.54 Å². The summed E-state index contributed by atoms with van der Waals surface area (Å²) in [5, 5.41) is 26.7. The Kier molecular flexibility index (Phi) is 6.37. The lowest BCUT2D eigenvalue weighted by molar-refractivity contribution is -0.384. The van der Waals surface area contributed by atoms with Crippen molar-refractivity contribution in [3.63, 3.8) is 0 Å². The van der Waals surface area contributed by atoms with Crippen molar-refractivity contribution in [2.45, 2.75) is 44.3 Å². The van der Waals surface area contributed by atoms with Gasteiger partial charge in [-0.1, -0.05) is 41.9 Å². The Hall–Kier alpha value is -3.56.